The third-order valence-electron chi connectivity index (χ3n) is 4.17. The molecule has 0 spiro atoms. The van der Waals surface area contributed by atoms with Crippen molar-refractivity contribution >= 4 is 22.2 Å². The summed E-state index contributed by atoms with van der Waals surface area (Å²) in [5.74, 6) is 0.391. The monoisotopic (exact) mass is 439 g/mol. The highest BCUT2D eigenvalue weighted by molar-refractivity contribution is 7.87. The van der Waals surface area contributed by atoms with Crippen LogP contribution in [0.1, 0.15) is 16.7 Å². The molecule has 1 aromatic heterocycles. The number of hydrogen-bond acceptors (Lipinski definition) is 7. The molecule has 160 valence electrons. The number of nitrogens with one attached hydrogen (secondary N) is 1. The number of aromatic nitrogens is 1. The summed E-state index contributed by atoms with van der Waals surface area (Å²) in [5, 5.41) is 3.91. The van der Waals surface area contributed by atoms with E-state index in [9.17, 15) is 13.2 Å². The van der Waals surface area contributed by atoms with Crippen LogP contribution in [-0.2, 0) is 21.3 Å². The van der Waals surface area contributed by atoms with Crippen molar-refractivity contribution in [2.75, 3.05) is 7.11 Å². The van der Waals surface area contributed by atoms with Crippen molar-refractivity contribution in [2.45, 2.75) is 18.2 Å². The molecule has 1 heterocycles. The van der Waals surface area contributed by atoms with E-state index in [1.165, 1.54) is 30.7 Å². The van der Waals surface area contributed by atoms with Gasteiger partial charge in [-0.15, -0.1) is 0 Å². The van der Waals surface area contributed by atoms with Crippen molar-refractivity contribution in [3.8, 4) is 11.5 Å². The van der Waals surface area contributed by atoms with Gasteiger partial charge in [-0.2, -0.15) is 13.5 Å². The summed E-state index contributed by atoms with van der Waals surface area (Å²) >= 11 is 0. The molecule has 0 atom stereocenters. The lowest BCUT2D eigenvalue weighted by Gasteiger charge is -2.10. The molecule has 0 unspecified atom stereocenters. The van der Waals surface area contributed by atoms with Gasteiger partial charge in [0.1, 0.15) is 10.6 Å². The number of amides is 1. The minimum atomic E-state index is -4.13. The molecule has 0 aliphatic heterocycles. The van der Waals surface area contributed by atoms with E-state index in [2.05, 4.69) is 15.5 Å². The van der Waals surface area contributed by atoms with Gasteiger partial charge in [-0.25, -0.2) is 5.43 Å². The Labute approximate surface area is 180 Å². The van der Waals surface area contributed by atoms with Crippen LogP contribution in [0.25, 0.3) is 0 Å². The predicted molar refractivity (Wildman–Crippen MR) is 116 cm³/mol. The van der Waals surface area contributed by atoms with E-state index in [4.69, 9.17) is 8.92 Å². The number of hydrogen-bond donors (Lipinski definition) is 1. The smallest absolute Gasteiger partial charge is 0.339 e. The zero-order valence-electron chi connectivity index (χ0n) is 17.0. The molecule has 0 aliphatic rings. The zero-order chi connectivity index (χ0) is 22.3. The number of methoxy groups -OCH3 is 1. The first-order valence-electron chi connectivity index (χ1n) is 9.27. The molecule has 31 heavy (non-hydrogen) atoms. The fraction of sp³-hybridized carbons (Fsp3) is 0.136. The quantitative estimate of drug-likeness (QED) is 0.329. The van der Waals surface area contributed by atoms with Gasteiger partial charge in [0, 0.05) is 11.8 Å². The van der Waals surface area contributed by atoms with Gasteiger partial charge < -0.3 is 8.92 Å². The minimum Gasteiger partial charge on any atom is -0.497 e. The molecule has 2 aromatic carbocycles. The fourth-order valence-corrected chi connectivity index (χ4v) is 3.82. The average molecular weight is 439 g/mol. The number of pyridine rings is 1. The molecule has 3 aromatic rings. The van der Waals surface area contributed by atoms with Crippen LogP contribution in [-0.4, -0.2) is 32.6 Å². The van der Waals surface area contributed by atoms with Crippen LogP contribution in [0.4, 0.5) is 0 Å². The fourth-order valence-electron chi connectivity index (χ4n) is 2.75. The summed E-state index contributed by atoms with van der Waals surface area (Å²) in [6.07, 6.45) is 4.18. The highest BCUT2D eigenvalue weighted by atomic mass is 32.2. The summed E-state index contributed by atoms with van der Waals surface area (Å²) in [7, 11) is -2.57. The average Bonchev–Trinajstić information content (AvgIpc) is 2.74. The lowest BCUT2D eigenvalue weighted by atomic mass is 10.1. The van der Waals surface area contributed by atoms with Gasteiger partial charge in [-0.05, 0) is 48.9 Å². The number of carbonyl (C=O) groups excluding carboxylic acids is 1. The largest absolute Gasteiger partial charge is 0.497 e. The number of carbonyl (C=O) groups is 1. The maximum atomic E-state index is 12.7. The molecule has 0 saturated carbocycles. The second-order valence-corrected chi connectivity index (χ2v) is 8.10. The summed E-state index contributed by atoms with van der Waals surface area (Å²) in [5.41, 5.74) is 4.28. The lowest BCUT2D eigenvalue weighted by molar-refractivity contribution is -0.120. The van der Waals surface area contributed by atoms with E-state index in [0.717, 1.165) is 11.1 Å². The topological polar surface area (TPSA) is 107 Å². The molecule has 0 fully saturated rings. The van der Waals surface area contributed by atoms with Crippen molar-refractivity contribution in [1.82, 2.24) is 10.4 Å². The maximum Gasteiger partial charge on any atom is 0.339 e. The normalized spacial score (nSPS) is 11.3. The van der Waals surface area contributed by atoms with Crippen molar-refractivity contribution in [3.63, 3.8) is 0 Å². The van der Waals surface area contributed by atoms with Crippen LogP contribution in [0.15, 0.2) is 77.0 Å². The van der Waals surface area contributed by atoms with Crippen LogP contribution in [0, 0.1) is 6.92 Å². The highest BCUT2D eigenvalue weighted by Gasteiger charge is 2.20. The zero-order valence-corrected chi connectivity index (χ0v) is 17.8. The second-order valence-electron chi connectivity index (χ2n) is 6.59. The van der Waals surface area contributed by atoms with Crippen LogP contribution >= 0.6 is 0 Å². The van der Waals surface area contributed by atoms with Gasteiger partial charge in [0.2, 0.25) is 5.91 Å². The van der Waals surface area contributed by atoms with Crippen LogP contribution in [0.2, 0.25) is 0 Å². The first-order valence-corrected chi connectivity index (χ1v) is 10.7. The molecule has 0 aliphatic carbocycles. The molecule has 0 saturated heterocycles. The number of hydrazone groups is 1. The SMILES string of the molecule is COc1cccc(CC(=O)NN=Cc2cc(C)ccc2S(=O)(=O)Oc2cccnc2)c1. The Morgan fingerprint density at radius 2 is 1.94 bits per heavy atom. The molecule has 9 heteroatoms. The standard InChI is InChI=1S/C22H21N3O5S/c1-16-8-9-21(31(27,28)30-20-7-4-10-23-15-20)18(11-16)14-24-25-22(26)13-17-5-3-6-19(12-17)29-2/h3-12,14-15H,13H2,1-2H3,(H,25,26). The Bertz CT molecular complexity index is 1190. The molecule has 0 bridgehead atoms. The lowest BCUT2D eigenvalue weighted by Crippen LogP contribution is -2.20. The van der Waals surface area contributed by atoms with Crippen LogP contribution in [0.3, 0.4) is 0 Å². The second kappa shape index (κ2) is 9.86. The van der Waals surface area contributed by atoms with Crippen LogP contribution < -0.4 is 14.3 Å². The molecule has 3 rings (SSSR count). The molecule has 1 amide bonds. The maximum absolute atomic E-state index is 12.7. The van der Waals surface area contributed by atoms with Gasteiger partial charge in [0.15, 0.2) is 5.75 Å². The third kappa shape index (κ3) is 6.13. The third-order valence-corrected chi connectivity index (χ3v) is 5.49. The Morgan fingerprint density at radius 3 is 2.68 bits per heavy atom. The summed E-state index contributed by atoms with van der Waals surface area (Å²) in [6.45, 7) is 1.82. The Morgan fingerprint density at radius 1 is 1.13 bits per heavy atom. The first kappa shape index (κ1) is 22.0. The Hall–Kier alpha value is -3.72. The van der Waals surface area contributed by atoms with Crippen molar-refractivity contribution in [2.24, 2.45) is 5.10 Å². The number of benzene rings is 2. The minimum absolute atomic E-state index is 0.0762. The van der Waals surface area contributed by atoms with E-state index in [-0.39, 0.29) is 28.5 Å². The van der Waals surface area contributed by atoms with Gasteiger partial charge in [-0.3, -0.25) is 9.78 Å². The van der Waals surface area contributed by atoms with Gasteiger partial charge >= 0.3 is 10.1 Å². The van der Waals surface area contributed by atoms with E-state index < -0.39 is 10.1 Å². The van der Waals surface area contributed by atoms with Gasteiger partial charge in [0.05, 0.1) is 25.9 Å². The number of aryl methyl sites for hydroxylation is 1. The van der Waals surface area contributed by atoms with Crippen LogP contribution in [0.5, 0.6) is 11.5 Å². The summed E-state index contributed by atoms with van der Waals surface area (Å²) in [6, 6.07) is 14.9. The van der Waals surface area contributed by atoms with Crippen molar-refractivity contribution < 1.29 is 22.1 Å². The molecule has 0 radical (unpaired) electrons. The Kier molecular flexibility index (Phi) is 6.99. The van der Waals surface area contributed by atoms with E-state index in [1.807, 2.05) is 6.92 Å². The highest BCUT2D eigenvalue weighted by Crippen LogP contribution is 2.21. The Balaban J connectivity index is 1.74. The number of nitrogens with zero attached hydrogens (tertiary/aromatic N) is 2. The first-order chi connectivity index (χ1) is 14.9. The van der Waals surface area contributed by atoms with Crippen molar-refractivity contribution in [3.05, 3.63) is 83.7 Å². The van der Waals surface area contributed by atoms with E-state index in [0.29, 0.717) is 5.75 Å². The van der Waals surface area contributed by atoms with E-state index in [1.54, 1.807) is 49.6 Å². The molecule has 8 nitrogen and oxygen atoms in total. The molecular formula is C22H21N3O5S. The van der Waals surface area contributed by atoms with Crippen molar-refractivity contribution in [1.29, 1.82) is 0 Å². The summed E-state index contributed by atoms with van der Waals surface area (Å²) in [4.78, 5) is 15.9. The van der Waals surface area contributed by atoms with Gasteiger partial charge in [0.25, 0.3) is 0 Å². The summed E-state index contributed by atoms with van der Waals surface area (Å²) < 4.78 is 35.7. The number of rotatable bonds is 8. The number of ether oxygens (including phenoxy) is 1. The predicted octanol–water partition coefficient (Wildman–Crippen LogP) is 2.86. The molecule has 1 N–H and O–H groups in total. The molecular weight excluding hydrogens is 418 g/mol. The van der Waals surface area contributed by atoms with Gasteiger partial charge in [-0.1, -0.05) is 23.8 Å². The van der Waals surface area contributed by atoms with E-state index >= 15 is 0 Å².